The van der Waals surface area contributed by atoms with Crippen molar-refractivity contribution in [2.24, 2.45) is 0 Å². The van der Waals surface area contributed by atoms with Crippen molar-refractivity contribution in [3.05, 3.63) is 12.2 Å². The smallest absolute Gasteiger partial charge is 0.143 e. The molecule has 0 aliphatic heterocycles. The minimum Gasteiger partial charge on any atom is -0.305 e. The number of nitrogens with one attached hydrogen (secondary N) is 1. The van der Waals surface area contributed by atoms with Crippen molar-refractivity contribution in [1.29, 1.82) is 0 Å². The first-order valence-electron chi connectivity index (χ1n) is 7.45. The third kappa shape index (κ3) is 3.55. The molecule has 18 heavy (non-hydrogen) atoms. The molecule has 4 nitrogen and oxygen atoms in total. The summed E-state index contributed by atoms with van der Waals surface area (Å²) in [5.41, 5.74) is 0. The Morgan fingerprint density at radius 2 is 2.06 bits per heavy atom. The van der Waals surface area contributed by atoms with Gasteiger partial charge in [-0.15, -0.1) is 0 Å². The number of aromatic nitrogens is 3. The molecule has 1 aromatic heterocycles. The second-order valence-electron chi connectivity index (χ2n) is 5.42. The van der Waals surface area contributed by atoms with E-state index in [9.17, 15) is 0 Å². The number of nitrogens with zero attached hydrogens (tertiary/aromatic N) is 3. The molecule has 1 saturated carbocycles. The molecule has 0 bridgehead atoms. The van der Waals surface area contributed by atoms with E-state index in [4.69, 9.17) is 0 Å². The van der Waals surface area contributed by atoms with Gasteiger partial charge in [0.25, 0.3) is 0 Å². The maximum atomic E-state index is 4.41. The molecule has 0 saturated heterocycles. The monoisotopic (exact) mass is 250 g/mol. The lowest BCUT2D eigenvalue weighted by Gasteiger charge is -2.21. The van der Waals surface area contributed by atoms with Crippen molar-refractivity contribution in [3.63, 3.8) is 0 Å². The lowest BCUT2D eigenvalue weighted by Crippen LogP contribution is -2.32. The van der Waals surface area contributed by atoms with Gasteiger partial charge in [0.2, 0.25) is 0 Å². The Bertz CT molecular complexity index is 339. The van der Waals surface area contributed by atoms with E-state index in [0.29, 0.717) is 12.1 Å². The Morgan fingerprint density at radius 1 is 1.33 bits per heavy atom. The third-order valence-corrected chi connectivity index (χ3v) is 3.81. The fourth-order valence-electron chi connectivity index (χ4n) is 2.87. The largest absolute Gasteiger partial charge is 0.305 e. The molecule has 1 aromatic rings. The summed E-state index contributed by atoms with van der Waals surface area (Å²) >= 11 is 0. The quantitative estimate of drug-likeness (QED) is 0.817. The van der Waals surface area contributed by atoms with Crippen LogP contribution >= 0.6 is 0 Å². The molecule has 0 spiro atoms. The van der Waals surface area contributed by atoms with E-state index in [1.165, 1.54) is 38.5 Å². The van der Waals surface area contributed by atoms with Crippen LogP contribution < -0.4 is 5.32 Å². The lowest BCUT2D eigenvalue weighted by molar-refractivity contribution is 0.390. The molecule has 0 radical (unpaired) electrons. The number of hydrogen-bond acceptors (Lipinski definition) is 3. The number of rotatable bonds is 5. The summed E-state index contributed by atoms with van der Waals surface area (Å²) in [4.78, 5) is 4.41. The first kappa shape index (κ1) is 13.5. The van der Waals surface area contributed by atoms with E-state index < -0.39 is 0 Å². The van der Waals surface area contributed by atoms with Crippen LogP contribution in [0.2, 0.25) is 0 Å². The van der Waals surface area contributed by atoms with Gasteiger partial charge in [0, 0.05) is 12.6 Å². The zero-order valence-electron chi connectivity index (χ0n) is 11.7. The van der Waals surface area contributed by atoms with Gasteiger partial charge >= 0.3 is 0 Å². The summed E-state index contributed by atoms with van der Waals surface area (Å²) in [6.45, 7) is 5.35. The van der Waals surface area contributed by atoms with Crippen LogP contribution in [0, 0.1) is 0 Å². The van der Waals surface area contributed by atoms with E-state index in [1.54, 1.807) is 6.33 Å². The van der Waals surface area contributed by atoms with Crippen LogP contribution in [0.5, 0.6) is 0 Å². The summed E-state index contributed by atoms with van der Waals surface area (Å²) in [7, 11) is 0. The van der Waals surface area contributed by atoms with Gasteiger partial charge in [0.15, 0.2) is 0 Å². The first-order chi connectivity index (χ1) is 8.81. The van der Waals surface area contributed by atoms with Gasteiger partial charge < -0.3 is 5.32 Å². The maximum Gasteiger partial charge on any atom is 0.143 e. The van der Waals surface area contributed by atoms with E-state index in [1.807, 2.05) is 4.68 Å². The van der Waals surface area contributed by atoms with Crippen molar-refractivity contribution < 1.29 is 0 Å². The van der Waals surface area contributed by atoms with Gasteiger partial charge in [0.1, 0.15) is 12.2 Å². The standard InChI is InChI=1S/C14H26N4/c1-3-10-18-14(15-11-16-18)12(2)17-13-8-6-4-5-7-9-13/h11-13,17H,3-10H2,1-2H3. The average molecular weight is 250 g/mol. The topological polar surface area (TPSA) is 42.7 Å². The SMILES string of the molecule is CCCn1ncnc1C(C)NC1CCCCCC1. The highest BCUT2D eigenvalue weighted by Gasteiger charge is 2.18. The molecule has 2 rings (SSSR count). The van der Waals surface area contributed by atoms with E-state index in [2.05, 4.69) is 29.2 Å². The second-order valence-corrected chi connectivity index (χ2v) is 5.42. The van der Waals surface area contributed by atoms with Crippen LogP contribution in [0.15, 0.2) is 6.33 Å². The van der Waals surface area contributed by atoms with Crippen LogP contribution in [0.25, 0.3) is 0 Å². The predicted molar refractivity (Wildman–Crippen MR) is 73.4 cm³/mol. The molecular weight excluding hydrogens is 224 g/mol. The second kappa shape index (κ2) is 6.88. The van der Waals surface area contributed by atoms with E-state index in [0.717, 1.165) is 18.8 Å². The predicted octanol–water partition coefficient (Wildman–Crippen LogP) is 3.06. The molecule has 0 aromatic carbocycles. The highest BCUT2D eigenvalue weighted by Crippen LogP contribution is 2.20. The summed E-state index contributed by atoms with van der Waals surface area (Å²) < 4.78 is 2.04. The van der Waals surface area contributed by atoms with E-state index >= 15 is 0 Å². The van der Waals surface area contributed by atoms with Crippen LogP contribution in [0.4, 0.5) is 0 Å². The fraction of sp³-hybridized carbons (Fsp3) is 0.857. The molecular formula is C14H26N4. The summed E-state index contributed by atoms with van der Waals surface area (Å²) in [6.07, 6.45) is 10.9. The van der Waals surface area contributed by atoms with Crippen LogP contribution in [0.3, 0.4) is 0 Å². The summed E-state index contributed by atoms with van der Waals surface area (Å²) in [5.74, 6) is 1.08. The molecule has 1 aliphatic carbocycles. The Morgan fingerprint density at radius 3 is 2.72 bits per heavy atom. The van der Waals surface area contributed by atoms with Crippen molar-refractivity contribution in [2.45, 2.75) is 77.4 Å². The molecule has 0 amide bonds. The van der Waals surface area contributed by atoms with Gasteiger partial charge in [-0.25, -0.2) is 9.67 Å². The molecule has 1 fully saturated rings. The first-order valence-corrected chi connectivity index (χ1v) is 7.45. The molecule has 1 unspecified atom stereocenters. The minimum absolute atomic E-state index is 0.308. The zero-order chi connectivity index (χ0) is 12.8. The molecule has 102 valence electrons. The molecule has 4 heteroatoms. The average Bonchev–Trinajstić information content (AvgIpc) is 2.67. The summed E-state index contributed by atoms with van der Waals surface area (Å²) in [6, 6.07) is 0.969. The van der Waals surface area contributed by atoms with Gasteiger partial charge in [-0.05, 0) is 26.2 Å². The minimum atomic E-state index is 0.308. The maximum absolute atomic E-state index is 4.41. The van der Waals surface area contributed by atoms with E-state index in [-0.39, 0.29) is 0 Å². The Labute approximate surface area is 110 Å². The normalized spacial score (nSPS) is 19.7. The van der Waals surface area contributed by atoms with Crippen LogP contribution in [-0.4, -0.2) is 20.8 Å². The molecule has 1 heterocycles. The van der Waals surface area contributed by atoms with Gasteiger partial charge in [-0.2, -0.15) is 5.10 Å². The Balaban J connectivity index is 1.93. The van der Waals surface area contributed by atoms with Crippen LogP contribution in [0.1, 0.15) is 70.7 Å². The van der Waals surface area contributed by atoms with Gasteiger partial charge in [-0.3, -0.25) is 0 Å². The Kier molecular flexibility index (Phi) is 5.17. The number of aryl methyl sites for hydroxylation is 1. The molecule has 1 atom stereocenters. The van der Waals surface area contributed by atoms with Crippen LogP contribution in [-0.2, 0) is 6.54 Å². The molecule has 1 N–H and O–H groups in total. The lowest BCUT2D eigenvalue weighted by atomic mass is 10.1. The number of hydrogen-bond donors (Lipinski definition) is 1. The van der Waals surface area contributed by atoms with Gasteiger partial charge in [-0.1, -0.05) is 32.6 Å². The van der Waals surface area contributed by atoms with Crippen molar-refractivity contribution in [2.75, 3.05) is 0 Å². The van der Waals surface area contributed by atoms with Crippen molar-refractivity contribution in [1.82, 2.24) is 20.1 Å². The van der Waals surface area contributed by atoms with Gasteiger partial charge in [0.05, 0.1) is 6.04 Å². The summed E-state index contributed by atoms with van der Waals surface area (Å²) in [5, 5.41) is 8.04. The highest BCUT2D eigenvalue weighted by molar-refractivity contribution is 4.93. The van der Waals surface area contributed by atoms with Crippen molar-refractivity contribution in [3.8, 4) is 0 Å². The van der Waals surface area contributed by atoms with Crippen molar-refractivity contribution >= 4 is 0 Å². The zero-order valence-corrected chi connectivity index (χ0v) is 11.7. The third-order valence-electron chi connectivity index (χ3n) is 3.81. The highest BCUT2D eigenvalue weighted by atomic mass is 15.3. The fourth-order valence-corrected chi connectivity index (χ4v) is 2.87. The Hall–Kier alpha value is -0.900. The molecule has 1 aliphatic rings.